The molecule has 2 N–H and O–H groups in total. The van der Waals surface area contributed by atoms with Crippen LogP contribution in [0.1, 0.15) is 13.8 Å². The Kier molecular flexibility index (Phi) is 6.43. The Morgan fingerprint density at radius 1 is 1.21 bits per heavy atom. The molecular formula is C17H26N4O3. The van der Waals surface area contributed by atoms with Crippen LogP contribution in [0.2, 0.25) is 0 Å². The molecule has 1 fully saturated rings. The van der Waals surface area contributed by atoms with Gasteiger partial charge in [0.15, 0.2) is 0 Å². The molecule has 1 aliphatic heterocycles. The maximum atomic E-state index is 12.5. The lowest BCUT2D eigenvalue weighted by Gasteiger charge is -2.37. The monoisotopic (exact) mass is 334 g/mol. The number of amides is 3. The summed E-state index contributed by atoms with van der Waals surface area (Å²) in [6.45, 7) is 6.93. The number of ether oxygens (including phenoxy) is 1. The van der Waals surface area contributed by atoms with Gasteiger partial charge in [-0.05, 0) is 26.0 Å². The topological polar surface area (TPSA) is 73.9 Å². The molecule has 2 rings (SSSR count). The molecule has 1 atom stereocenters. The van der Waals surface area contributed by atoms with E-state index in [0.29, 0.717) is 44.2 Å². The largest absolute Gasteiger partial charge is 0.492 e. The van der Waals surface area contributed by atoms with E-state index >= 15 is 0 Å². The summed E-state index contributed by atoms with van der Waals surface area (Å²) in [5.74, 6) is 0.598. The van der Waals surface area contributed by atoms with E-state index in [1.807, 2.05) is 38.1 Å². The van der Waals surface area contributed by atoms with Crippen molar-refractivity contribution in [3.8, 4) is 5.75 Å². The van der Waals surface area contributed by atoms with Crippen LogP contribution < -0.4 is 15.4 Å². The quantitative estimate of drug-likeness (QED) is 0.853. The molecule has 0 aromatic heterocycles. The molecule has 3 amide bonds. The maximum absolute atomic E-state index is 12.5. The van der Waals surface area contributed by atoms with Crippen LogP contribution in [0.15, 0.2) is 24.3 Å². The van der Waals surface area contributed by atoms with Crippen LogP contribution in [0.5, 0.6) is 5.75 Å². The van der Waals surface area contributed by atoms with Gasteiger partial charge in [0.1, 0.15) is 5.75 Å². The standard InChI is InChI=1S/C17H26N4O3/c1-4-24-15-8-6-5-7-14(15)19-16(22)13(2)20-9-11-21(12-10-20)17(23)18-3/h5-8,13H,4,9-12H2,1-3H3,(H,18,23)(H,19,22)/t13-/m0/s1. The van der Waals surface area contributed by atoms with Crippen LogP contribution >= 0.6 is 0 Å². The summed E-state index contributed by atoms with van der Waals surface area (Å²) in [6, 6.07) is 7.07. The zero-order valence-electron chi connectivity index (χ0n) is 14.5. The minimum atomic E-state index is -0.272. The normalized spacial score (nSPS) is 16.4. The van der Waals surface area contributed by atoms with Crippen molar-refractivity contribution >= 4 is 17.6 Å². The predicted octanol–water partition coefficient (Wildman–Crippen LogP) is 1.37. The van der Waals surface area contributed by atoms with Crippen LogP contribution in [0.3, 0.4) is 0 Å². The number of piperazine rings is 1. The van der Waals surface area contributed by atoms with Crippen LogP contribution in [0.25, 0.3) is 0 Å². The minimum Gasteiger partial charge on any atom is -0.492 e. The second-order valence-electron chi connectivity index (χ2n) is 5.67. The Labute approximate surface area is 142 Å². The fourth-order valence-electron chi connectivity index (χ4n) is 2.72. The highest BCUT2D eigenvalue weighted by molar-refractivity contribution is 5.95. The molecule has 24 heavy (non-hydrogen) atoms. The van der Waals surface area contributed by atoms with Crippen molar-refractivity contribution in [3.05, 3.63) is 24.3 Å². The lowest BCUT2D eigenvalue weighted by atomic mass is 10.2. The Bertz CT molecular complexity index is 571. The van der Waals surface area contributed by atoms with E-state index in [1.54, 1.807) is 11.9 Å². The first kappa shape index (κ1) is 18.1. The Morgan fingerprint density at radius 3 is 2.50 bits per heavy atom. The number of rotatable bonds is 5. The van der Waals surface area contributed by atoms with Gasteiger partial charge >= 0.3 is 6.03 Å². The number of nitrogens with one attached hydrogen (secondary N) is 2. The summed E-state index contributed by atoms with van der Waals surface area (Å²) in [5, 5.41) is 5.57. The summed E-state index contributed by atoms with van der Waals surface area (Å²) >= 11 is 0. The highest BCUT2D eigenvalue weighted by atomic mass is 16.5. The molecule has 0 bridgehead atoms. The molecule has 1 aromatic carbocycles. The van der Waals surface area contributed by atoms with E-state index in [0.717, 1.165) is 0 Å². The number of carbonyl (C=O) groups is 2. The van der Waals surface area contributed by atoms with Crippen molar-refractivity contribution in [1.29, 1.82) is 0 Å². The first-order chi connectivity index (χ1) is 11.6. The molecule has 1 saturated heterocycles. The molecule has 1 aliphatic rings. The van der Waals surface area contributed by atoms with Crippen molar-refractivity contribution in [1.82, 2.24) is 15.1 Å². The maximum Gasteiger partial charge on any atom is 0.317 e. The second kappa shape index (κ2) is 8.54. The summed E-state index contributed by atoms with van der Waals surface area (Å²) < 4.78 is 5.54. The zero-order valence-corrected chi connectivity index (χ0v) is 14.5. The molecule has 1 heterocycles. The van der Waals surface area contributed by atoms with Crippen LogP contribution in [-0.2, 0) is 4.79 Å². The molecule has 0 aliphatic carbocycles. The van der Waals surface area contributed by atoms with Gasteiger partial charge in [-0.25, -0.2) is 4.79 Å². The summed E-state index contributed by atoms with van der Waals surface area (Å²) in [6.07, 6.45) is 0. The highest BCUT2D eigenvalue weighted by Gasteiger charge is 2.27. The van der Waals surface area contributed by atoms with Crippen molar-refractivity contribution in [2.45, 2.75) is 19.9 Å². The molecule has 132 valence electrons. The van der Waals surface area contributed by atoms with Crippen molar-refractivity contribution in [2.75, 3.05) is 45.2 Å². The molecule has 0 radical (unpaired) electrons. The summed E-state index contributed by atoms with van der Waals surface area (Å²) in [7, 11) is 1.63. The van der Waals surface area contributed by atoms with Crippen molar-refractivity contribution in [2.24, 2.45) is 0 Å². The summed E-state index contributed by atoms with van der Waals surface area (Å²) in [5.41, 5.74) is 0.681. The van der Waals surface area contributed by atoms with E-state index in [9.17, 15) is 9.59 Å². The van der Waals surface area contributed by atoms with E-state index in [-0.39, 0.29) is 18.0 Å². The van der Waals surface area contributed by atoms with Crippen molar-refractivity contribution < 1.29 is 14.3 Å². The summed E-state index contributed by atoms with van der Waals surface area (Å²) in [4.78, 5) is 28.0. The Hall–Kier alpha value is -2.28. The second-order valence-corrected chi connectivity index (χ2v) is 5.67. The Morgan fingerprint density at radius 2 is 1.88 bits per heavy atom. The molecule has 7 heteroatoms. The third-order valence-electron chi connectivity index (χ3n) is 4.19. The van der Waals surface area contributed by atoms with Gasteiger partial charge in [-0.2, -0.15) is 0 Å². The number of hydrogen-bond donors (Lipinski definition) is 2. The van der Waals surface area contributed by atoms with Gasteiger partial charge in [-0.15, -0.1) is 0 Å². The van der Waals surface area contributed by atoms with Gasteiger partial charge in [0.2, 0.25) is 5.91 Å². The molecule has 1 aromatic rings. The molecule has 0 saturated carbocycles. The van der Waals surface area contributed by atoms with Gasteiger partial charge in [-0.1, -0.05) is 12.1 Å². The van der Waals surface area contributed by atoms with Crippen LogP contribution in [0.4, 0.5) is 10.5 Å². The van der Waals surface area contributed by atoms with E-state index in [2.05, 4.69) is 15.5 Å². The van der Waals surface area contributed by atoms with Gasteiger partial charge < -0.3 is 20.3 Å². The first-order valence-corrected chi connectivity index (χ1v) is 8.30. The number of urea groups is 1. The number of hydrogen-bond acceptors (Lipinski definition) is 4. The predicted molar refractivity (Wildman–Crippen MR) is 93.3 cm³/mol. The number of carbonyl (C=O) groups excluding carboxylic acids is 2. The lowest BCUT2D eigenvalue weighted by Crippen LogP contribution is -2.55. The lowest BCUT2D eigenvalue weighted by molar-refractivity contribution is -0.121. The number of benzene rings is 1. The average Bonchev–Trinajstić information content (AvgIpc) is 2.62. The molecule has 7 nitrogen and oxygen atoms in total. The van der Waals surface area contributed by atoms with Crippen molar-refractivity contribution in [3.63, 3.8) is 0 Å². The van der Waals surface area contributed by atoms with Crippen LogP contribution in [-0.4, -0.2) is 67.6 Å². The third kappa shape index (κ3) is 4.38. The number of nitrogens with zero attached hydrogens (tertiary/aromatic N) is 2. The highest BCUT2D eigenvalue weighted by Crippen LogP contribution is 2.24. The number of para-hydroxylation sites is 2. The fraction of sp³-hybridized carbons (Fsp3) is 0.529. The van der Waals surface area contributed by atoms with Gasteiger partial charge in [0.05, 0.1) is 18.3 Å². The molecular weight excluding hydrogens is 308 g/mol. The number of anilines is 1. The molecule has 0 spiro atoms. The minimum absolute atomic E-state index is 0.0719. The van der Waals surface area contributed by atoms with Gasteiger partial charge in [-0.3, -0.25) is 9.69 Å². The fourth-order valence-corrected chi connectivity index (χ4v) is 2.72. The smallest absolute Gasteiger partial charge is 0.317 e. The third-order valence-corrected chi connectivity index (χ3v) is 4.19. The van der Waals surface area contributed by atoms with E-state index in [4.69, 9.17) is 4.74 Å². The van der Waals surface area contributed by atoms with Crippen LogP contribution in [0, 0.1) is 0 Å². The van der Waals surface area contributed by atoms with E-state index in [1.165, 1.54) is 0 Å². The van der Waals surface area contributed by atoms with E-state index < -0.39 is 0 Å². The average molecular weight is 334 g/mol. The van der Waals surface area contributed by atoms with Gasteiger partial charge in [0.25, 0.3) is 0 Å². The zero-order chi connectivity index (χ0) is 17.5. The molecule has 0 unspecified atom stereocenters. The van der Waals surface area contributed by atoms with Gasteiger partial charge in [0, 0.05) is 33.2 Å². The Balaban J connectivity index is 1.92. The SMILES string of the molecule is CCOc1ccccc1NC(=O)[C@H](C)N1CCN(C(=O)NC)CC1. The first-order valence-electron chi connectivity index (χ1n) is 8.30.